The minimum atomic E-state index is -0.652. The third kappa shape index (κ3) is 4.46. The average molecular weight is 448 g/mol. The number of benzene rings is 1. The highest BCUT2D eigenvalue weighted by atomic mass is 32.1. The van der Waals surface area contributed by atoms with Crippen molar-refractivity contribution in [2.24, 2.45) is 5.41 Å². The normalized spacial score (nSPS) is 18.4. The molecule has 0 bridgehead atoms. The van der Waals surface area contributed by atoms with Gasteiger partial charge in [-0.15, -0.1) is 11.3 Å². The van der Waals surface area contributed by atoms with Gasteiger partial charge in [-0.1, -0.05) is 30.3 Å². The van der Waals surface area contributed by atoms with E-state index in [4.69, 9.17) is 0 Å². The molecule has 1 atom stereocenters. The van der Waals surface area contributed by atoms with Crippen molar-refractivity contribution < 1.29 is 9.59 Å². The van der Waals surface area contributed by atoms with Crippen LogP contribution in [0.2, 0.25) is 0 Å². The van der Waals surface area contributed by atoms with Gasteiger partial charge in [-0.25, -0.2) is 0 Å². The van der Waals surface area contributed by atoms with Crippen LogP contribution in [0.5, 0.6) is 0 Å². The minimum absolute atomic E-state index is 0.0190. The number of likely N-dealkylation sites (tertiary alicyclic amines) is 1. The van der Waals surface area contributed by atoms with E-state index >= 15 is 0 Å². The summed E-state index contributed by atoms with van der Waals surface area (Å²) < 4.78 is 0. The summed E-state index contributed by atoms with van der Waals surface area (Å²) >= 11 is 1.58. The van der Waals surface area contributed by atoms with Crippen molar-refractivity contribution in [3.05, 3.63) is 76.2 Å². The predicted octanol–water partition coefficient (Wildman–Crippen LogP) is 4.67. The Labute approximate surface area is 193 Å². The third-order valence-corrected chi connectivity index (χ3v) is 7.08. The van der Waals surface area contributed by atoms with Crippen LogP contribution >= 0.6 is 11.3 Å². The van der Waals surface area contributed by atoms with Crippen molar-refractivity contribution in [1.82, 2.24) is 14.8 Å². The molecule has 4 rings (SSSR count). The first-order valence-corrected chi connectivity index (χ1v) is 11.8. The summed E-state index contributed by atoms with van der Waals surface area (Å²) in [7, 11) is 3.61. The molecule has 32 heavy (non-hydrogen) atoms. The Hall–Kier alpha value is -2.99. The van der Waals surface area contributed by atoms with E-state index in [9.17, 15) is 9.59 Å². The van der Waals surface area contributed by atoms with Crippen molar-refractivity contribution in [1.29, 1.82) is 0 Å². The van der Waals surface area contributed by atoms with E-state index in [1.165, 1.54) is 0 Å². The van der Waals surface area contributed by atoms with Crippen LogP contribution < -0.4 is 0 Å². The summed E-state index contributed by atoms with van der Waals surface area (Å²) in [6.45, 7) is 3.12. The van der Waals surface area contributed by atoms with E-state index < -0.39 is 5.41 Å². The largest absolute Gasteiger partial charge is 0.348 e. The number of amides is 2. The van der Waals surface area contributed by atoms with E-state index in [-0.39, 0.29) is 11.8 Å². The number of carbonyl (C=O) groups is 2. The molecule has 0 N–H and O–H groups in total. The molecule has 2 aromatic heterocycles. The molecule has 1 aliphatic rings. The second-order valence-corrected chi connectivity index (χ2v) is 9.95. The van der Waals surface area contributed by atoms with Crippen LogP contribution in [0.25, 0.3) is 11.1 Å². The molecule has 1 fully saturated rings. The van der Waals surface area contributed by atoms with Crippen LogP contribution in [-0.2, 0) is 11.2 Å². The molecule has 166 valence electrons. The zero-order chi connectivity index (χ0) is 22.7. The van der Waals surface area contributed by atoms with Crippen molar-refractivity contribution in [3.63, 3.8) is 0 Å². The van der Waals surface area contributed by atoms with E-state index in [0.717, 1.165) is 40.0 Å². The molecule has 1 aromatic carbocycles. The van der Waals surface area contributed by atoms with E-state index in [2.05, 4.69) is 17.1 Å². The molecule has 0 radical (unpaired) electrons. The lowest BCUT2D eigenvalue weighted by Crippen LogP contribution is -2.54. The lowest BCUT2D eigenvalue weighted by molar-refractivity contribution is -0.142. The van der Waals surface area contributed by atoms with Gasteiger partial charge < -0.3 is 9.80 Å². The number of rotatable bonds is 5. The van der Waals surface area contributed by atoms with Crippen molar-refractivity contribution in [3.8, 4) is 11.1 Å². The number of hydrogen-bond donors (Lipinski definition) is 0. The van der Waals surface area contributed by atoms with Crippen LogP contribution in [0.15, 0.2) is 60.2 Å². The second-order valence-electron chi connectivity index (χ2n) is 8.83. The maximum absolute atomic E-state index is 13.6. The summed E-state index contributed by atoms with van der Waals surface area (Å²) in [5.41, 5.74) is 3.30. The van der Waals surface area contributed by atoms with Crippen molar-refractivity contribution in [2.75, 3.05) is 27.2 Å². The molecule has 1 aliphatic heterocycles. The molecular formula is C26H29N3O2S. The van der Waals surface area contributed by atoms with E-state index in [1.807, 2.05) is 53.7 Å². The summed E-state index contributed by atoms with van der Waals surface area (Å²) in [4.78, 5) is 35.7. The van der Waals surface area contributed by atoms with Gasteiger partial charge in [-0.2, -0.15) is 0 Å². The van der Waals surface area contributed by atoms with Crippen LogP contribution in [0.1, 0.15) is 33.6 Å². The van der Waals surface area contributed by atoms with Gasteiger partial charge >= 0.3 is 0 Å². The molecule has 0 saturated carbocycles. The first-order valence-electron chi connectivity index (χ1n) is 10.9. The number of nitrogens with zero attached hydrogens (tertiary/aromatic N) is 3. The number of hydrogen-bond acceptors (Lipinski definition) is 4. The molecule has 3 aromatic rings. The summed E-state index contributed by atoms with van der Waals surface area (Å²) in [6, 6.07) is 14.1. The summed E-state index contributed by atoms with van der Waals surface area (Å²) in [5, 5.41) is 1.92. The topological polar surface area (TPSA) is 53.5 Å². The maximum atomic E-state index is 13.6. The Morgan fingerprint density at radius 3 is 2.69 bits per heavy atom. The number of thiophene rings is 1. The fraction of sp³-hybridized carbons (Fsp3) is 0.346. The van der Waals surface area contributed by atoms with Crippen LogP contribution in [-0.4, -0.2) is 53.8 Å². The maximum Gasteiger partial charge on any atom is 0.254 e. The van der Waals surface area contributed by atoms with Gasteiger partial charge in [0, 0.05) is 55.4 Å². The van der Waals surface area contributed by atoms with Crippen molar-refractivity contribution >= 4 is 23.2 Å². The van der Waals surface area contributed by atoms with Gasteiger partial charge in [0.05, 0.1) is 11.0 Å². The smallest absolute Gasteiger partial charge is 0.254 e. The zero-order valence-electron chi connectivity index (χ0n) is 18.9. The highest BCUT2D eigenvalue weighted by molar-refractivity contribution is 7.10. The second kappa shape index (κ2) is 9.25. The van der Waals surface area contributed by atoms with Crippen LogP contribution in [0.4, 0.5) is 0 Å². The highest BCUT2D eigenvalue weighted by Crippen LogP contribution is 2.38. The van der Waals surface area contributed by atoms with Crippen molar-refractivity contribution in [2.45, 2.75) is 26.2 Å². The number of aromatic nitrogens is 1. The van der Waals surface area contributed by atoms with Gasteiger partial charge in [-0.3, -0.25) is 14.6 Å². The molecule has 5 nitrogen and oxygen atoms in total. The molecule has 0 aliphatic carbocycles. The Morgan fingerprint density at radius 2 is 2.00 bits per heavy atom. The number of carbonyl (C=O) groups excluding carboxylic acids is 2. The standard InChI is InChI=1S/C26H29N3O2S/c1-19-14-22(17-32-19)24(30)29-13-7-11-26(18-29,25(31)28(2)3)15-20-8-4-5-10-23(20)21-9-6-12-27-16-21/h4-6,8-10,12,14,16-17H,7,11,13,15,18H2,1-3H3. The monoisotopic (exact) mass is 447 g/mol. The predicted molar refractivity (Wildman–Crippen MR) is 129 cm³/mol. The Kier molecular flexibility index (Phi) is 6.42. The molecule has 2 amide bonds. The Morgan fingerprint density at radius 1 is 1.19 bits per heavy atom. The SMILES string of the molecule is Cc1cc(C(=O)N2CCCC(Cc3ccccc3-c3cccnc3)(C(=O)N(C)C)C2)cs1. The Bertz CT molecular complexity index is 1110. The summed E-state index contributed by atoms with van der Waals surface area (Å²) in [5.74, 6) is 0.100. The first-order chi connectivity index (χ1) is 15.4. The van der Waals surface area contributed by atoms with E-state index in [1.54, 1.807) is 36.5 Å². The fourth-order valence-electron chi connectivity index (χ4n) is 4.75. The highest BCUT2D eigenvalue weighted by Gasteiger charge is 2.44. The lowest BCUT2D eigenvalue weighted by Gasteiger charge is -2.43. The van der Waals surface area contributed by atoms with Crippen LogP contribution in [0.3, 0.4) is 0 Å². The van der Waals surface area contributed by atoms with Gasteiger partial charge in [0.15, 0.2) is 0 Å². The number of piperidine rings is 1. The third-order valence-electron chi connectivity index (χ3n) is 6.22. The van der Waals surface area contributed by atoms with Gasteiger partial charge in [0.1, 0.15) is 0 Å². The number of pyridine rings is 1. The fourth-order valence-corrected chi connectivity index (χ4v) is 5.43. The minimum Gasteiger partial charge on any atom is -0.348 e. The first kappa shape index (κ1) is 22.2. The molecule has 1 unspecified atom stereocenters. The number of aryl methyl sites for hydroxylation is 1. The average Bonchev–Trinajstić information content (AvgIpc) is 3.25. The van der Waals surface area contributed by atoms with Gasteiger partial charge in [-0.05, 0) is 49.4 Å². The molecule has 6 heteroatoms. The van der Waals surface area contributed by atoms with Gasteiger partial charge in [0.2, 0.25) is 5.91 Å². The van der Waals surface area contributed by atoms with Crippen LogP contribution in [0, 0.1) is 12.3 Å². The van der Waals surface area contributed by atoms with E-state index in [0.29, 0.717) is 19.5 Å². The molecule has 3 heterocycles. The lowest BCUT2D eigenvalue weighted by atomic mass is 9.73. The molecule has 1 saturated heterocycles. The molecular weight excluding hydrogens is 418 g/mol. The zero-order valence-corrected chi connectivity index (χ0v) is 19.7. The summed E-state index contributed by atoms with van der Waals surface area (Å²) in [6.07, 6.45) is 5.78. The van der Waals surface area contributed by atoms with Gasteiger partial charge in [0.25, 0.3) is 5.91 Å². The quantitative estimate of drug-likeness (QED) is 0.571. The molecule has 0 spiro atoms. The Balaban J connectivity index is 1.69.